The molecule has 3 saturated heterocycles. The minimum absolute atomic E-state index is 0.0268. The number of piperazine rings is 1. The number of nitrogens with two attached hydrogens (primary N) is 1. The van der Waals surface area contributed by atoms with Gasteiger partial charge in [-0.25, -0.2) is 4.79 Å². The van der Waals surface area contributed by atoms with E-state index in [0.717, 1.165) is 55.7 Å². The second kappa shape index (κ2) is 14.4. The normalized spacial score (nSPS) is 21.3. The van der Waals surface area contributed by atoms with E-state index in [9.17, 15) is 27.6 Å². The third kappa shape index (κ3) is 7.71. The van der Waals surface area contributed by atoms with E-state index in [0.29, 0.717) is 51.6 Å². The molecule has 4 aliphatic heterocycles. The van der Waals surface area contributed by atoms with Crippen LogP contribution in [-0.2, 0) is 28.7 Å². The van der Waals surface area contributed by atoms with E-state index in [2.05, 4.69) is 22.2 Å². The summed E-state index contributed by atoms with van der Waals surface area (Å²) in [5.41, 5.74) is 5.13. The van der Waals surface area contributed by atoms with Crippen LogP contribution in [0.1, 0.15) is 48.1 Å². The first-order valence-corrected chi connectivity index (χ1v) is 17.9. The molecule has 0 bridgehead atoms. The second-order valence-corrected chi connectivity index (χ2v) is 14.9. The fourth-order valence-corrected chi connectivity index (χ4v) is 8.57. The number of anilines is 2. The number of halogens is 4. The maximum absolute atomic E-state index is 14.1. The molecular formula is C33H43ClF3N7O3S. The Morgan fingerprint density at radius 1 is 1.00 bits per heavy atom. The highest BCUT2D eigenvalue weighted by Gasteiger charge is 2.38. The number of alkyl halides is 3. The smallest absolute Gasteiger partial charge is 0.397 e. The summed E-state index contributed by atoms with van der Waals surface area (Å²) < 4.78 is 41.4. The van der Waals surface area contributed by atoms with Crippen LogP contribution in [0.4, 0.5) is 29.3 Å². The molecule has 0 radical (unpaired) electrons. The number of carbonyl (C=O) groups excluding carboxylic acids is 3. The number of benzene rings is 1. The molecule has 1 aromatic heterocycles. The van der Waals surface area contributed by atoms with E-state index >= 15 is 0 Å². The van der Waals surface area contributed by atoms with E-state index < -0.39 is 23.3 Å². The SMILES string of the molecule is CN1CCN(C2CCN(C(=O)C(CC(=O)N3CCC(N4Cc5sccc5NC4=O)CC3)Cc3cc(Cl)c(N)c(C(F)(F)F)c3)CC2)CC1. The van der Waals surface area contributed by atoms with Crippen LogP contribution in [0.15, 0.2) is 23.6 Å². The molecule has 48 heavy (non-hydrogen) atoms. The standard InChI is InChI=1S/C33H43ClF3N7O3S/c1-40-11-13-41(14-12-40)23-2-9-43(10-3-23)31(46)22(16-21-17-25(33(35,36)37)30(38)26(34)18-21)19-29(45)42-7-4-24(5-8-42)44-20-28-27(6-15-48-28)39-32(44)47/h6,15,17-18,22-24H,2-5,7-14,16,19-20,38H2,1H3,(H,39,47). The van der Waals surface area contributed by atoms with Crippen molar-refractivity contribution < 1.29 is 27.6 Å². The summed E-state index contributed by atoms with van der Waals surface area (Å²) in [4.78, 5) is 51.7. The van der Waals surface area contributed by atoms with Crippen molar-refractivity contribution in [2.24, 2.45) is 5.92 Å². The molecular weight excluding hydrogens is 667 g/mol. The number of hydrogen-bond acceptors (Lipinski definition) is 7. The minimum Gasteiger partial charge on any atom is -0.397 e. The molecule has 0 spiro atoms. The number of nitrogen functional groups attached to an aromatic ring is 1. The van der Waals surface area contributed by atoms with Gasteiger partial charge in [0.25, 0.3) is 0 Å². The average Bonchev–Trinajstić information content (AvgIpc) is 3.52. The molecule has 0 aliphatic carbocycles. The Morgan fingerprint density at radius 3 is 2.31 bits per heavy atom. The van der Waals surface area contributed by atoms with Crippen molar-refractivity contribution in [1.82, 2.24) is 24.5 Å². The van der Waals surface area contributed by atoms with Gasteiger partial charge >= 0.3 is 12.2 Å². The Balaban J connectivity index is 1.13. The maximum atomic E-state index is 14.1. The van der Waals surface area contributed by atoms with E-state index in [4.69, 9.17) is 17.3 Å². The van der Waals surface area contributed by atoms with Crippen LogP contribution in [-0.4, -0.2) is 114 Å². The fraction of sp³-hybridized carbons (Fsp3) is 0.606. The number of nitrogens with zero attached hydrogens (tertiary/aromatic N) is 5. The Labute approximate surface area is 287 Å². The van der Waals surface area contributed by atoms with Crippen molar-refractivity contribution in [3.05, 3.63) is 44.6 Å². The number of hydrogen-bond donors (Lipinski definition) is 2. The lowest BCUT2D eigenvalue weighted by Crippen LogP contribution is -2.54. The zero-order valence-corrected chi connectivity index (χ0v) is 28.7. The van der Waals surface area contributed by atoms with E-state index in [1.165, 1.54) is 6.07 Å². The molecule has 15 heteroatoms. The van der Waals surface area contributed by atoms with Crippen molar-refractivity contribution in [2.75, 3.05) is 70.5 Å². The van der Waals surface area contributed by atoms with Crippen LogP contribution in [0, 0.1) is 5.92 Å². The molecule has 1 atom stereocenters. The molecule has 6 rings (SSSR count). The van der Waals surface area contributed by atoms with Gasteiger partial charge in [-0.15, -0.1) is 11.3 Å². The summed E-state index contributed by atoms with van der Waals surface area (Å²) in [5.74, 6) is -1.31. The summed E-state index contributed by atoms with van der Waals surface area (Å²) >= 11 is 7.73. The molecule has 1 aromatic carbocycles. The van der Waals surface area contributed by atoms with Crippen LogP contribution in [0.25, 0.3) is 0 Å². The first kappa shape index (κ1) is 34.8. The molecule has 4 amide bonds. The topological polar surface area (TPSA) is 105 Å². The van der Waals surface area contributed by atoms with Crippen molar-refractivity contribution in [2.45, 2.75) is 63.3 Å². The molecule has 0 saturated carbocycles. The van der Waals surface area contributed by atoms with Gasteiger partial charge in [0.2, 0.25) is 11.8 Å². The predicted octanol–water partition coefficient (Wildman–Crippen LogP) is 4.83. The number of amides is 4. The zero-order valence-electron chi connectivity index (χ0n) is 27.1. The van der Waals surface area contributed by atoms with E-state index in [-0.39, 0.29) is 47.3 Å². The van der Waals surface area contributed by atoms with Crippen LogP contribution >= 0.6 is 22.9 Å². The summed E-state index contributed by atoms with van der Waals surface area (Å²) in [6.07, 6.45) is -2.10. The van der Waals surface area contributed by atoms with Gasteiger partial charge in [-0.05, 0) is 68.3 Å². The maximum Gasteiger partial charge on any atom is 0.418 e. The summed E-state index contributed by atoms with van der Waals surface area (Å²) in [6.45, 7) is 6.43. The van der Waals surface area contributed by atoms with Crippen molar-refractivity contribution in [1.29, 1.82) is 0 Å². The highest BCUT2D eigenvalue weighted by Crippen LogP contribution is 2.39. The minimum atomic E-state index is -4.72. The van der Waals surface area contributed by atoms with Gasteiger partial charge in [0.05, 0.1) is 34.4 Å². The average molecular weight is 710 g/mol. The fourth-order valence-electron chi connectivity index (χ4n) is 7.50. The highest BCUT2D eigenvalue weighted by molar-refractivity contribution is 7.10. The molecule has 2 aromatic rings. The lowest BCUT2D eigenvalue weighted by atomic mass is 9.91. The number of urea groups is 1. The number of piperidine rings is 2. The number of likely N-dealkylation sites (tertiary alicyclic amines) is 2. The van der Waals surface area contributed by atoms with E-state index in [1.54, 1.807) is 21.1 Å². The van der Waals surface area contributed by atoms with Crippen molar-refractivity contribution in [3.63, 3.8) is 0 Å². The molecule has 262 valence electrons. The first-order chi connectivity index (χ1) is 22.9. The largest absolute Gasteiger partial charge is 0.418 e. The summed E-state index contributed by atoms with van der Waals surface area (Å²) in [7, 11) is 2.11. The summed E-state index contributed by atoms with van der Waals surface area (Å²) in [5, 5.41) is 4.66. The van der Waals surface area contributed by atoms with E-state index in [1.807, 2.05) is 16.3 Å². The number of fused-ring (bicyclic) bond motifs is 1. The third-order valence-corrected chi connectivity index (χ3v) is 11.6. The Morgan fingerprint density at radius 2 is 1.65 bits per heavy atom. The molecule has 1 unspecified atom stereocenters. The molecule has 3 fully saturated rings. The number of nitrogens with one attached hydrogen (secondary N) is 1. The molecule has 4 aliphatic rings. The van der Waals surface area contributed by atoms with Crippen molar-refractivity contribution >= 4 is 52.2 Å². The highest BCUT2D eigenvalue weighted by atomic mass is 35.5. The monoisotopic (exact) mass is 709 g/mol. The molecule has 10 nitrogen and oxygen atoms in total. The van der Waals surface area contributed by atoms with Gasteiger partial charge in [-0.2, -0.15) is 13.2 Å². The Kier molecular flexibility index (Phi) is 10.4. The second-order valence-electron chi connectivity index (χ2n) is 13.5. The first-order valence-electron chi connectivity index (χ1n) is 16.7. The van der Waals surface area contributed by atoms with Gasteiger partial charge in [0.15, 0.2) is 0 Å². The van der Waals surface area contributed by atoms with Gasteiger partial charge in [0.1, 0.15) is 0 Å². The lowest BCUT2D eigenvalue weighted by molar-refractivity contribution is -0.143. The van der Waals surface area contributed by atoms with Gasteiger partial charge < -0.3 is 30.7 Å². The van der Waals surface area contributed by atoms with Crippen LogP contribution in [0.2, 0.25) is 5.02 Å². The Hall–Kier alpha value is -3.07. The number of rotatable bonds is 7. The molecule has 5 heterocycles. The van der Waals surface area contributed by atoms with Gasteiger partial charge in [-0.3, -0.25) is 14.5 Å². The Bertz CT molecular complexity index is 1500. The predicted molar refractivity (Wildman–Crippen MR) is 180 cm³/mol. The van der Waals surface area contributed by atoms with Crippen LogP contribution in [0.3, 0.4) is 0 Å². The number of thiophene rings is 1. The quantitative estimate of drug-likeness (QED) is 0.400. The number of carbonyl (C=O) groups is 3. The lowest BCUT2D eigenvalue weighted by Gasteiger charge is -2.42. The van der Waals surface area contributed by atoms with Crippen molar-refractivity contribution in [3.8, 4) is 0 Å². The molecule has 3 N–H and O–H groups in total. The summed E-state index contributed by atoms with van der Waals surface area (Å²) in [6, 6.07) is 4.41. The zero-order chi connectivity index (χ0) is 34.2. The third-order valence-electron chi connectivity index (χ3n) is 10.4. The number of likely N-dealkylation sites (N-methyl/N-ethyl adjacent to an activating group) is 1. The van der Waals surface area contributed by atoms with Crippen LogP contribution < -0.4 is 11.1 Å². The van der Waals surface area contributed by atoms with Gasteiger partial charge in [0, 0.05) is 75.7 Å². The van der Waals surface area contributed by atoms with Crippen LogP contribution in [0.5, 0.6) is 0 Å². The van der Waals surface area contributed by atoms with Gasteiger partial charge in [-0.1, -0.05) is 11.6 Å².